The summed E-state index contributed by atoms with van der Waals surface area (Å²) in [4.78, 5) is 0. The van der Waals surface area contributed by atoms with Crippen LogP contribution >= 0.6 is 0 Å². The van der Waals surface area contributed by atoms with E-state index in [0.717, 1.165) is 37.2 Å². The van der Waals surface area contributed by atoms with Gasteiger partial charge in [-0.1, -0.05) is 43.3 Å². The molecular weight excluding hydrogens is 388 g/mol. The van der Waals surface area contributed by atoms with Crippen molar-refractivity contribution in [2.45, 2.75) is 76.6 Å². The van der Waals surface area contributed by atoms with E-state index < -0.39 is 0 Å². The second kappa shape index (κ2) is 9.22. The van der Waals surface area contributed by atoms with Gasteiger partial charge in [-0.2, -0.15) is 0 Å². The number of hydrogen-bond acceptors (Lipinski definition) is 4. The number of aliphatic hydroxyl groups is 2. The van der Waals surface area contributed by atoms with Crippen molar-refractivity contribution < 1.29 is 19.7 Å². The molecule has 1 unspecified atom stereocenters. The van der Waals surface area contributed by atoms with Crippen molar-refractivity contribution in [3.8, 4) is 11.5 Å². The Hall–Kier alpha value is -2.04. The smallest absolute Gasteiger partial charge is 0.126 e. The molecule has 1 aliphatic carbocycles. The predicted octanol–water partition coefficient (Wildman–Crippen LogP) is 5.11. The first-order chi connectivity index (χ1) is 14.9. The van der Waals surface area contributed by atoms with E-state index in [1.807, 2.05) is 30.3 Å². The van der Waals surface area contributed by atoms with Crippen LogP contribution in [0.25, 0.3) is 0 Å². The number of benzene rings is 2. The zero-order valence-electron chi connectivity index (χ0n) is 19.0. The van der Waals surface area contributed by atoms with Gasteiger partial charge in [-0.25, -0.2) is 0 Å². The maximum Gasteiger partial charge on any atom is 0.126 e. The first kappa shape index (κ1) is 22.2. The molecule has 2 aromatic rings. The minimum atomic E-state index is -0.318. The van der Waals surface area contributed by atoms with Crippen molar-refractivity contribution in [1.82, 2.24) is 0 Å². The third kappa shape index (κ3) is 4.91. The molecule has 2 aliphatic rings. The number of hydrogen-bond donors (Lipinski definition) is 2. The van der Waals surface area contributed by atoms with E-state index in [2.05, 4.69) is 39.0 Å². The van der Waals surface area contributed by atoms with Crippen molar-refractivity contribution in [2.24, 2.45) is 11.8 Å². The Morgan fingerprint density at radius 1 is 1.13 bits per heavy atom. The van der Waals surface area contributed by atoms with Crippen LogP contribution in [0.5, 0.6) is 11.5 Å². The van der Waals surface area contributed by atoms with E-state index in [1.54, 1.807) is 0 Å². The molecule has 1 aliphatic heterocycles. The molecule has 0 aromatic heterocycles. The summed E-state index contributed by atoms with van der Waals surface area (Å²) in [5, 5.41) is 20.2. The number of aliphatic hydroxyl groups excluding tert-OH is 2. The monoisotopic (exact) mass is 424 g/mol. The standard InChI is InChI=1S/C27H36O4/c1-18(17-28)15-19-9-7-12-22-25-21(23(29)16-24(25)30-26(19)22)13-8-14-27(2,3)31-20-10-5-4-6-11-20/h4-7,9-12,18,21,23-25,28-29H,8,13-17H2,1-3H3/t18?,21-,23+,24-,25-/m0/s1. The van der Waals surface area contributed by atoms with Gasteiger partial charge < -0.3 is 19.7 Å². The lowest BCUT2D eigenvalue weighted by Gasteiger charge is -2.28. The average Bonchev–Trinajstić information content (AvgIpc) is 3.24. The molecule has 0 spiro atoms. The van der Waals surface area contributed by atoms with E-state index in [4.69, 9.17) is 9.47 Å². The molecule has 1 heterocycles. The fraction of sp³-hybridized carbons (Fsp3) is 0.556. The summed E-state index contributed by atoms with van der Waals surface area (Å²) < 4.78 is 12.6. The number of rotatable bonds is 9. The van der Waals surface area contributed by atoms with E-state index >= 15 is 0 Å². The van der Waals surface area contributed by atoms with Gasteiger partial charge in [-0.15, -0.1) is 0 Å². The SMILES string of the molecule is CC(CO)Cc1cccc2c1O[C@H]1C[C@@H](O)[C@H](CCCC(C)(C)Oc3ccccc3)[C@@H]21. The molecule has 4 nitrogen and oxygen atoms in total. The highest BCUT2D eigenvalue weighted by Gasteiger charge is 2.49. The minimum Gasteiger partial charge on any atom is -0.489 e. The van der Waals surface area contributed by atoms with Gasteiger partial charge in [-0.05, 0) is 69.1 Å². The van der Waals surface area contributed by atoms with Crippen LogP contribution in [0.4, 0.5) is 0 Å². The Morgan fingerprint density at radius 2 is 1.90 bits per heavy atom. The van der Waals surface area contributed by atoms with Gasteiger partial charge in [0.2, 0.25) is 0 Å². The van der Waals surface area contributed by atoms with Gasteiger partial charge >= 0.3 is 0 Å². The lowest BCUT2D eigenvalue weighted by Crippen LogP contribution is -2.29. The lowest BCUT2D eigenvalue weighted by molar-refractivity contribution is 0.0839. The Balaban J connectivity index is 1.41. The van der Waals surface area contributed by atoms with Crippen molar-refractivity contribution in [1.29, 1.82) is 0 Å². The largest absolute Gasteiger partial charge is 0.489 e. The van der Waals surface area contributed by atoms with Crippen molar-refractivity contribution >= 4 is 0 Å². The zero-order valence-corrected chi connectivity index (χ0v) is 19.0. The third-order valence-corrected chi connectivity index (χ3v) is 6.92. The van der Waals surface area contributed by atoms with E-state index in [1.165, 1.54) is 11.1 Å². The summed E-state index contributed by atoms with van der Waals surface area (Å²) in [5.74, 6) is 2.58. The average molecular weight is 425 g/mol. The maximum absolute atomic E-state index is 10.8. The molecule has 0 saturated heterocycles. The second-order valence-corrected chi connectivity index (χ2v) is 10.0. The van der Waals surface area contributed by atoms with E-state index in [9.17, 15) is 10.2 Å². The van der Waals surface area contributed by atoms with Crippen LogP contribution in [-0.2, 0) is 6.42 Å². The molecular formula is C27H36O4. The third-order valence-electron chi connectivity index (χ3n) is 6.92. The van der Waals surface area contributed by atoms with Crippen molar-refractivity contribution in [3.63, 3.8) is 0 Å². The highest BCUT2D eigenvalue weighted by molar-refractivity contribution is 5.49. The first-order valence-corrected chi connectivity index (χ1v) is 11.7. The normalized spacial score (nSPS) is 25.6. The molecule has 4 rings (SSSR count). The summed E-state index contributed by atoms with van der Waals surface area (Å²) in [6.07, 6.45) is 4.16. The molecule has 168 valence electrons. The molecule has 0 radical (unpaired) electrons. The predicted molar refractivity (Wildman–Crippen MR) is 123 cm³/mol. The summed E-state index contributed by atoms with van der Waals surface area (Å²) in [6.45, 7) is 6.51. The first-order valence-electron chi connectivity index (χ1n) is 11.7. The molecule has 5 atom stereocenters. The molecule has 2 N–H and O–H groups in total. The van der Waals surface area contributed by atoms with Gasteiger partial charge in [0, 0.05) is 24.5 Å². The topological polar surface area (TPSA) is 58.9 Å². The molecule has 1 fully saturated rings. The second-order valence-electron chi connectivity index (χ2n) is 10.0. The summed E-state index contributed by atoms with van der Waals surface area (Å²) >= 11 is 0. The molecule has 0 bridgehead atoms. The van der Waals surface area contributed by atoms with Crippen LogP contribution in [0.1, 0.15) is 63.5 Å². The molecule has 1 saturated carbocycles. The highest BCUT2D eigenvalue weighted by atomic mass is 16.5. The lowest BCUT2D eigenvalue weighted by atomic mass is 9.83. The number of ether oxygens (including phenoxy) is 2. The molecule has 31 heavy (non-hydrogen) atoms. The van der Waals surface area contributed by atoms with Crippen molar-refractivity contribution in [3.05, 3.63) is 59.7 Å². The van der Waals surface area contributed by atoms with Gasteiger partial charge in [0.15, 0.2) is 0 Å². The fourth-order valence-electron chi connectivity index (χ4n) is 5.38. The van der Waals surface area contributed by atoms with Crippen molar-refractivity contribution in [2.75, 3.05) is 6.61 Å². The summed E-state index contributed by atoms with van der Waals surface area (Å²) in [6, 6.07) is 16.4. The summed E-state index contributed by atoms with van der Waals surface area (Å²) in [5.41, 5.74) is 2.18. The Labute approximate surface area is 186 Å². The highest BCUT2D eigenvalue weighted by Crippen LogP contribution is 2.53. The Kier molecular flexibility index (Phi) is 6.59. The quantitative estimate of drug-likeness (QED) is 0.587. The van der Waals surface area contributed by atoms with Gasteiger partial charge in [0.05, 0.1) is 6.10 Å². The number of fused-ring (bicyclic) bond motifs is 3. The van der Waals surface area contributed by atoms with Gasteiger partial charge in [0.1, 0.15) is 23.2 Å². The van der Waals surface area contributed by atoms with Crippen LogP contribution in [0, 0.1) is 11.8 Å². The van der Waals surface area contributed by atoms with Crippen LogP contribution < -0.4 is 9.47 Å². The molecule has 2 aromatic carbocycles. The molecule has 4 heteroatoms. The van der Waals surface area contributed by atoms with E-state index in [-0.39, 0.29) is 42.2 Å². The van der Waals surface area contributed by atoms with Crippen LogP contribution in [-0.4, -0.2) is 34.6 Å². The Bertz CT molecular complexity index is 863. The van der Waals surface area contributed by atoms with Gasteiger partial charge in [-0.3, -0.25) is 0 Å². The summed E-state index contributed by atoms with van der Waals surface area (Å²) in [7, 11) is 0. The van der Waals surface area contributed by atoms with Crippen LogP contribution in [0.2, 0.25) is 0 Å². The number of para-hydroxylation sites is 2. The van der Waals surface area contributed by atoms with E-state index in [0.29, 0.717) is 6.42 Å². The molecule has 0 amide bonds. The zero-order chi connectivity index (χ0) is 22.0. The van der Waals surface area contributed by atoms with Crippen LogP contribution in [0.3, 0.4) is 0 Å². The maximum atomic E-state index is 10.8. The van der Waals surface area contributed by atoms with Crippen LogP contribution in [0.15, 0.2) is 48.5 Å². The minimum absolute atomic E-state index is 0.0640. The fourth-order valence-corrected chi connectivity index (χ4v) is 5.38. The Morgan fingerprint density at radius 3 is 2.65 bits per heavy atom. The van der Waals surface area contributed by atoms with Gasteiger partial charge in [0.25, 0.3) is 0 Å².